The predicted molar refractivity (Wildman–Crippen MR) is 126 cm³/mol. The third-order valence-electron chi connectivity index (χ3n) is 6.48. The van der Waals surface area contributed by atoms with Crippen LogP contribution in [0.4, 0.5) is 4.39 Å². The SMILES string of the molecule is CC(C)OC(=O)CCCCCCC1C(O)CC(O)C1CCC(O)c1nc2cc(F)ccc2s1. The van der Waals surface area contributed by atoms with Crippen molar-refractivity contribution in [1.29, 1.82) is 0 Å². The van der Waals surface area contributed by atoms with E-state index in [9.17, 15) is 24.5 Å². The molecule has 1 aromatic carbocycles. The van der Waals surface area contributed by atoms with Gasteiger partial charge in [0.15, 0.2) is 0 Å². The van der Waals surface area contributed by atoms with Gasteiger partial charge >= 0.3 is 5.97 Å². The van der Waals surface area contributed by atoms with Gasteiger partial charge in [-0.3, -0.25) is 4.79 Å². The number of rotatable bonds is 12. The smallest absolute Gasteiger partial charge is 0.306 e. The Morgan fingerprint density at radius 3 is 2.58 bits per heavy atom. The number of benzene rings is 1. The van der Waals surface area contributed by atoms with Crippen LogP contribution in [0.5, 0.6) is 0 Å². The van der Waals surface area contributed by atoms with Crippen LogP contribution >= 0.6 is 11.3 Å². The van der Waals surface area contributed by atoms with Crippen LogP contribution in [-0.2, 0) is 9.53 Å². The lowest BCUT2D eigenvalue weighted by Gasteiger charge is -2.24. The molecule has 0 aliphatic heterocycles. The second-order valence-corrected chi connectivity index (χ2v) is 10.5. The second kappa shape index (κ2) is 12.2. The normalized spacial score (nSPS) is 24.0. The van der Waals surface area contributed by atoms with Gasteiger partial charge in [-0.2, -0.15) is 0 Å². The fourth-order valence-corrected chi connectivity index (χ4v) is 5.81. The fraction of sp³-hybridized carbons (Fsp3) is 0.680. The molecule has 0 amide bonds. The first-order valence-corrected chi connectivity index (χ1v) is 12.9. The van der Waals surface area contributed by atoms with Gasteiger partial charge in [0, 0.05) is 12.5 Å². The van der Waals surface area contributed by atoms with Crippen LogP contribution < -0.4 is 0 Å². The number of halogens is 1. The molecule has 1 aliphatic carbocycles. The number of hydrogen-bond acceptors (Lipinski definition) is 7. The van der Waals surface area contributed by atoms with E-state index in [0.29, 0.717) is 36.2 Å². The number of unbranched alkanes of at least 4 members (excludes halogenated alkanes) is 3. The summed E-state index contributed by atoms with van der Waals surface area (Å²) in [6, 6.07) is 4.41. The summed E-state index contributed by atoms with van der Waals surface area (Å²) < 4.78 is 19.4. The Hall–Kier alpha value is -1.61. The molecule has 3 N–H and O–H groups in total. The van der Waals surface area contributed by atoms with E-state index in [0.717, 1.165) is 36.8 Å². The van der Waals surface area contributed by atoms with Crippen LogP contribution in [0.1, 0.15) is 82.7 Å². The number of fused-ring (bicyclic) bond motifs is 1. The average Bonchev–Trinajstić information content (AvgIpc) is 3.28. The number of hydrogen-bond donors (Lipinski definition) is 3. The zero-order valence-electron chi connectivity index (χ0n) is 19.5. The summed E-state index contributed by atoms with van der Waals surface area (Å²) in [7, 11) is 0. The molecule has 1 heterocycles. The third kappa shape index (κ3) is 7.44. The molecule has 6 nitrogen and oxygen atoms in total. The molecule has 0 spiro atoms. The van der Waals surface area contributed by atoms with Crippen molar-refractivity contribution >= 4 is 27.5 Å². The van der Waals surface area contributed by atoms with Crippen LogP contribution in [0.3, 0.4) is 0 Å². The molecule has 33 heavy (non-hydrogen) atoms. The van der Waals surface area contributed by atoms with E-state index < -0.39 is 18.3 Å². The number of aromatic nitrogens is 1. The van der Waals surface area contributed by atoms with E-state index in [-0.39, 0.29) is 29.7 Å². The molecule has 5 unspecified atom stereocenters. The number of carbonyl (C=O) groups excluding carboxylic acids is 1. The summed E-state index contributed by atoms with van der Waals surface area (Å²) in [5.74, 6) is -0.573. The molecule has 1 saturated carbocycles. The van der Waals surface area contributed by atoms with Gasteiger partial charge in [-0.1, -0.05) is 19.3 Å². The number of nitrogens with zero attached hydrogens (tertiary/aromatic N) is 1. The van der Waals surface area contributed by atoms with E-state index in [1.165, 1.54) is 23.5 Å². The highest BCUT2D eigenvalue weighted by Crippen LogP contribution is 2.40. The molecule has 1 aromatic heterocycles. The number of aliphatic hydroxyl groups excluding tert-OH is 3. The molecule has 1 fully saturated rings. The predicted octanol–water partition coefficient (Wildman–Crippen LogP) is 4.90. The fourth-order valence-electron chi connectivity index (χ4n) is 4.84. The zero-order chi connectivity index (χ0) is 24.0. The van der Waals surface area contributed by atoms with Crippen LogP contribution in [0.25, 0.3) is 10.2 Å². The topological polar surface area (TPSA) is 99.9 Å². The molecule has 184 valence electrons. The second-order valence-electron chi connectivity index (χ2n) is 9.45. The molecule has 2 aromatic rings. The maximum absolute atomic E-state index is 13.4. The standard InChI is InChI=1S/C25H36FNO5S/c1-15(2)32-24(31)8-6-4-3-5-7-17-18(22(30)14-21(17)29)10-11-20(28)25-27-19-13-16(26)9-12-23(19)33-25/h9,12-13,15,17-18,20-22,28-30H,3-8,10-11,14H2,1-2H3. The summed E-state index contributed by atoms with van der Waals surface area (Å²) in [4.78, 5) is 16.0. The van der Waals surface area contributed by atoms with E-state index in [1.807, 2.05) is 13.8 Å². The minimum absolute atomic E-state index is 0.00238. The summed E-state index contributed by atoms with van der Waals surface area (Å²) in [6.45, 7) is 3.68. The summed E-state index contributed by atoms with van der Waals surface area (Å²) >= 11 is 1.35. The van der Waals surface area contributed by atoms with Gasteiger partial charge in [0.1, 0.15) is 16.9 Å². The zero-order valence-corrected chi connectivity index (χ0v) is 20.3. The highest BCUT2D eigenvalue weighted by atomic mass is 32.1. The number of aliphatic hydroxyl groups is 3. The minimum Gasteiger partial charge on any atom is -0.463 e. The van der Waals surface area contributed by atoms with Gasteiger partial charge in [-0.25, -0.2) is 9.37 Å². The molecule has 3 rings (SSSR count). The van der Waals surface area contributed by atoms with Crippen molar-refractivity contribution < 1.29 is 29.2 Å². The average molecular weight is 482 g/mol. The van der Waals surface area contributed by atoms with Crippen molar-refractivity contribution in [1.82, 2.24) is 4.98 Å². The molecule has 0 saturated heterocycles. The Morgan fingerprint density at radius 2 is 1.85 bits per heavy atom. The van der Waals surface area contributed by atoms with Crippen LogP contribution in [0, 0.1) is 17.7 Å². The van der Waals surface area contributed by atoms with Crippen molar-refractivity contribution in [2.45, 2.75) is 96.1 Å². The van der Waals surface area contributed by atoms with E-state index in [4.69, 9.17) is 4.74 Å². The highest BCUT2D eigenvalue weighted by molar-refractivity contribution is 7.18. The quantitative estimate of drug-likeness (QED) is 0.295. The Labute approximate surface area is 198 Å². The van der Waals surface area contributed by atoms with Crippen molar-refractivity contribution in [2.24, 2.45) is 11.8 Å². The monoisotopic (exact) mass is 481 g/mol. The number of thiazole rings is 1. The van der Waals surface area contributed by atoms with Gasteiger partial charge in [-0.15, -0.1) is 11.3 Å². The van der Waals surface area contributed by atoms with E-state index >= 15 is 0 Å². The molecule has 0 radical (unpaired) electrons. The van der Waals surface area contributed by atoms with Gasteiger partial charge in [0.2, 0.25) is 0 Å². The Morgan fingerprint density at radius 1 is 1.15 bits per heavy atom. The molecule has 0 bridgehead atoms. The molecule has 5 atom stereocenters. The van der Waals surface area contributed by atoms with E-state index in [1.54, 1.807) is 6.07 Å². The van der Waals surface area contributed by atoms with Crippen molar-refractivity contribution in [3.63, 3.8) is 0 Å². The van der Waals surface area contributed by atoms with Crippen LogP contribution in [-0.4, -0.2) is 44.6 Å². The first-order chi connectivity index (χ1) is 15.7. The third-order valence-corrected chi connectivity index (χ3v) is 7.62. The summed E-state index contributed by atoms with van der Waals surface area (Å²) in [6.07, 6.45) is 4.29. The Balaban J connectivity index is 1.43. The first-order valence-electron chi connectivity index (χ1n) is 12.0. The summed E-state index contributed by atoms with van der Waals surface area (Å²) in [5.41, 5.74) is 0.542. The van der Waals surface area contributed by atoms with Crippen molar-refractivity contribution in [3.8, 4) is 0 Å². The molecular weight excluding hydrogens is 445 g/mol. The molecular formula is C25H36FNO5S. The lowest BCUT2D eigenvalue weighted by atomic mass is 9.85. The van der Waals surface area contributed by atoms with Crippen LogP contribution in [0.2, 0.25) is 0 Å². The van der Waals surface area contributed by atoms with Crippen molar-refractivity contribution in [3.05, 3.63) is 29.0 Å². The maximum atomic E-state index is 13.4. The van der Waals surface area contributed by atoms with Crippen LogP contribution in [0.15, 0.2) is 18.2 Å². The minimum atomic E-state index is -0.776. The number of ether oxygens (including phenoxy) is 1. The number of carbonyl (C=O) groups is 1. The van der Waals surface area contributed by atoms with Crippen molar-refractivity contribution in [2.75, 3.05) is 0 Å². The maximum Gasteiger partial charge on any atom is 0.306 e. The Kier molecular flexibility index (Phi) is 9.61. The highest BCUT2D eigenvalue weighted by Gasteiger charge is 2.41. The number of esters is 1. The largest absolute Gasteiger partial charge is 0.463 e. The lowest BCUT2D eigenvalue weighted by molar-refractivity contribution is -0.147. The first kappa shape index (κ1) is 26.0. The van der Waals surface area contributed by atoms with Gasteiger partial charge in [0.05, 0.1) is 28.5 Å². The summed E-state index contributed by atoms with van der Waals surface area (Å²) in [5, 5.41) is 32.1. The molecule has 8 heteroatoms. The van der Waals surface area contributed by atoms with Gasteiger partial charge < -0.3 is 20.1 Å². The van der Waals surface area contributed by atoms with E-state index in [2.05, 4.69) is 4.98 Å². The lowest BCUT2D eigenvalue weighted by Crippen LogP contribution is -2.23. The van der Waals surface area contributed by atoms with Gasteiger partial charge in [-0.05, 0) is 69.9 Å². The van der Waals surface area contributed by atoms with Gasteiger partial charge in [0.25, 0.3) is 0 Å². The Bertz CT molecular complexity index is 904. The molecule has 1 aliphatic rings.